The highest BCUT2D eigenvalue weighted by Crippen LogP contribution is 2.32. The van der Waals surface area contributed by atoms with E-state index < -0.39 is 6.09 Å². The second kappa shape index (κ2) is 5.73. The van der Waals surface area contributed by atoms with Crippen molar-refractivity contribution in [1.29, 1.82) is 0 Å². The van der Waals surface area contributed by atoms with Gasteiger partial charge in [0.15, 0.2) is 0 Å². The van der Waals surface area contributed by atoms with Gasteiger partial charge in [-0.1, -0.05) is 29.3 Å². The van der Waals surface area contributed by atoms with E-state index in [1.807, 2.05) is 13.8 Å². The van der Waals surface area contributed by atoms with Crippen LogP contribution in [0.5, 0.6) is 0 Å². The number of carbonyl (C=O) groups is 1. The zero-order valence-corrected chi connectivity index (χ0v) is 12.5. The molecule has 0 N–H and O–H groups in total. The molecular weight excluding hydrogens is 297 g/mol. The number of benzene rings is 2. The smallest absolute Gasteiger partial charge is 0.146 e. The SMILES string of the molecule is Cc1cc(N(C(=O)[O-])c2cccc(Cl)c2)cc(C)c1Cl. The lowest BCUT2D eigenvalue weighted by Crippen LogP contribution is -2.38. The maximum absolute atomic E-state index is 11.5. The fourth-order valence-electron chi connectivity index (χ4n) is 2.03. The summed E-state index contributed by atoms with van der Waals surface area (Å²) in [5.74, 6) is 0. The van der Waals surface area contributed by atoms with Crippen molar-refractivity contribution in [2.45, 2.75) is 13.8 Å². The largest absolute Gasteiger partial charge is 0.529 e. The molecule has 0 saturated heterocycles. The van der Waals surface area contributed by atoms with Gasteiger partial charge < -0.3 is 9.90 Å². The number of carboxylic acid groups (broad SMARTS) is 1. The van der Waals surface area contributed by atoms with E-state index in [0.717, 1.165) is 16.0 Å². The Morgan fingerprint density at radius 2 is 1.65 bits per heavy atom. The van der Waals surface area contributed by atoms with Gasteiger partial charge >= 0.3 is 0 Å². The molecule has 1 amide bonds. The van der Waals surface area contributed by atoms with Crippen molar-refractivity contribution in [3.8, 4) is 0 Å². The Balaban J connectivity index is 2.58. The summed E-state index contributed by atoms with van der Waals surface area (Å²) in [7, 11) is 0. The fraction of sp³-hybridized carbons (Fsp3) is 0.133. The van der Waals surface area contributed by atoms with Crippen LogP contribution in [0.1, 0.15) is 11.1 Å². The van der Waals surface area contributed by atoms with Crippen LogP contribution in [-0.2, 0) is 0 Å². The van der Waals surface area contributed by atoms with Crippen molar-refractivity contribution >= 4 is 40.7 Å². The van der Waals surface area contributed by atoms with Gasteiger partial charge in [-0.15, -0.1) is 0 Å². The Morgan fingerprint density at radius 3 is 2.15 bits per heavy atom. The van der Waals surface area contributed by atoms with Crippen LogP contribution in [0.25, 0.3) is 0 Å². The number of nitrogens with zero attached hydrogens (tertiary/aromatic N) is 1. The topological polar surface area (TPSA) is 43.4 Å². The maximum atomic E-state index is 11.5. The third-order valence-corrected chi connectivity index (χ3v) is 3.76. The first-order valence-corrected chi connectivity index (χ1v) is 6.69. The quantitative estimate of drug-likeness (QED) is 0.838. The van der Waals surface area contributed by atoms with Crippen molar-refractivity contribution < 1.29 is 9.90 Å². The second-order valence-electron chi connectivity index (χ2n) is 4.47. The van der Waals surface area contributed by atoms with Crippen LogP contribution >= 0.6 is 23.2 Å². The average molecular weight is 309 g/mol. The lowest BCUT2D eigenvalue weighted by atomic mass is 10.1. The maximum Gasteiger partial charge on any atom is 0.146 e. The predicted octanol–water partition coefficient (Wildman–Crippen LogP) is 4.09. The number of rotatable bonds is 2. The van der Waals surface area contributed by atoms with Crippen molar-refractivity contribution in [2.75, 3.05) is 4.90 Å². The van der Waals surface area contributed by atoms with E-state index in [-0.39, 0.29) is 0 Å². The van der Waals surface area contributed by atoms with Gasteiger partial charge in [0.2, 0.25) is 0 Å². The van der Waals surface area contributed by atoms with Crippen LogP contribution in [0.4, 0.5) is 16.2 Å². The Kier molecular flexibility index (Phi) is 4.21. The van der Waals surface area contributed by atoms with Crippen LogP contribution in [0.2, 0.25) is 10.0 Å². The number of hydrogen-bond donors (Lipinski definition) is 0. The molecule has 20 heavy (non-hydrogen) atoms. The highest BCUT2D eigenvalue weighted by atomic mass is 35.5. The lowest BCUT2D eigenvalue weighted by molar-refractivity contribution is -0.245. The van der Waals surface area contributed by atoms with Gasteiger partial charge in [0.1, 0.15) is 6.09 Å². The fourth-order valence-corrected chi connectivity index (χ4v) is 2.32. The highest BCUT2D eigenvalue weighted by Gasteiger charge is 2.13. The summed E-state index contributed by atoms with van der Waals surface area (Å²) in [6.45, 7) is 3.65. The zero-order chi connectivity index (χ0) is 14.9. The molecular formula is C15H12Cl2NO2-. The third-order valence-electron chi connectivity index (χ3n) is 2.93. The molecule has 104 valence electrons. The summed E-state index contributed by atoms with van der Waals surface area (Å²) in [6.07, 6.45) is -1.33. The monoisotopic (exact) mass is 308 g/mol. The van der Waals surface area contributed by atoms with Crippen LogP contribution in [0.3, 0.4) is 0 Å². The van der Waals surface area contributed by atoms with Gasteiger partial charge in [-0.2, -0.15) is 0 Å². The molecule has 0 bridgehead atoms. The minimum Gasteiger partial charge on any atom is -0.529 e. The number of halogens is 2. The van der Waals surface area contributed by atoms with Gasteiger partial charge in [0, 0.05) is 21.4 Å². The summed E-state index contributed by atoms with van der Waals surface area (Å²) in [5, 5.41) is 12.5. The van der Waals surface area contributed by atoms with Crippen molar-refractivity contribution in [1.82, 2.24) is 0 Å². The number of amides is 1. The number of hydrogen-bond acceptors (Lipinski definition) is 2. The molecule has 0 atom stereocenters. The standard InChI is InChI=1S/C15H13Cl2NO2/c1-9-6-13(7-10(2)14(9)17)18(15(19)20)12-5-3-4-11(16)8-12/h3-8H,1-2H3,(H,19,20)/p-1. The van der Waals surface area contributed by atoms with E-state index in [1.165, 1.54) is 0 Å². The Morgan fingerprint density at radius 1 is 1.05 bits per heavy atom. The summed E-state index contributed by atoms with van der Waals surface area (Å²) in [5.41, 5.74) is 2.51. The van der Waals surface area contributed by atoms with Crippen LogP contribution in [-0.4, -0.2) is 6.09 Å². The number of aryl methyl sites for hydroxylation is 2. The molecule has 0 saturated carbocycles. The molecule has 0 fully saturated rings. The number of anilines is 2. The minimum absolute atomic E-state index is 0.429. The van der Waals surface area contributed by atoms with Crippen molar-refractivity contribution in [3.05, 3.63) is 57.6 Å². The van der Waals surface area contributed by atoms with Gasteiger partial charge in [-0.25, -0.2) is 0 Å². The molecule has 2 aromatic carbocycles. The van der Waals surface area contributed by atoms with Gasteiger partial charge in [-0.05, 0) is 55.3 Å². The normalized spacial score (nSPS) is 10.4. The number of carbonyl (C=O) groups excluding carboxylic acids is 1. The Labute approximate surface area is 127 Å². The summed E-state index contributed by atoms with van der Waals surface area (Å²) < 4.78 is 0. The molecule has 0 heterocycles. The van der Waals surface area contributed by atoms with Crippen LogP contribution in [0.15, 0.2) is 36.4 Å². The van der Waals surface area contributed by atoms with E-state index in [9.17, 15) is 9.90 Å². The second-order valence-corrected chi connectivity index (χ2v) is 5.29. The molecule has 5 heteroatoms. The van der Waals surface area contributed by atoms with Gasteiger partial charge in [0.25, 0.3) is 0 Å². The van der Waals surface area contributed by atoms with E-state index >= 15 is 0 Å². The lowest BCUT2D eigenvalue weighted by Gasteiger charge is -2.26. The van der Waals surface area contributed by atoms with E-state index in [0.29, 0.717) is 21.4 Å². The Bertz CT molecular complexity index is 648. The zero-order valence-electron chi connectivity index (χ0n) is 11.0. The molecule has 0 radical (unpaired) electrons. The van der Waals surface area contributed by atoms with Crippen molar-refractivity contribution in [2.24, 2.45) is 0 Å². The summed E-state index contributed by atoms with van der Waals surface area (Å²) >= 11 is 12.0. The summed E-state index contributed by atoms with van der Waals surface area (Å²) in [4.78, 5) is 12.5. The predicted molar refractivity (Wildman–Crippen MR) is 79.9 cm³/mol. The third kappa shape index (κ3) is 2.89. The minimum atomic E-state index is -1.33. The van der Waals surface area contributed by atoms with Crippen LogP contribution < -0.4 is 10.0 Å². The average Bonchev–Trinajstić information content (AvgIpc) is 2.35. The molecule has 2 aromatic rings. The van der Waals surface area contributed by atoms with Crippen LogP contribution in [0, 0.1) is 13.8 Å². The molecule has 2 rings (SSSR count). The summed E-state index contributed by atoms with van der Waals surface area (Å²) in [6, 6.07) is 9.98. The molecule has 0 aliphatic heterocycles. The molecule has 0 unspecified atom stereocenters. The van der Waals surface area contributed by atoms with Gasteiger partial charge in [-0.3, -0.25) is 4.90 Å². The molecule has 0 aromatic heterocycles. The first kappa shape index (κ1) is 14.7. The molecule has 0 aliphatic rings. The molecule has 3 nitrogen and oxygen atoms in total. The molecule has 0 spiro atoms. The van der Waals surface area contributed by atoms with Crippen molar-refractivity contribution in [3.63, 3.8) is 0 Å². The Hall–Kier alpha value is -1.71. The highest BCUT2D eigenvalue weighted by molar-refractivity contribution is 6.32. The molecule has 0 aliphatic carbocycles. The first-order valence-electron chi connectivity index (χ1n) is 5.93. The first-order chi connectivity index (χ1) is 9.40. The van der Waals surface area contributed by atoms with E-state index in [2.05, 4.69) is 0 Å². The van der Waals surface area contributed by atoms with E-state index in [4.69, 9.17) is 23.2 Å². The van der Waals surface area contributed by atoms with E-state index in [1.54, 1.807) is 36.4 Å². The van der Waals surface area contributed by atoms with Gasteiger partial charge in [0.05, 0.1) is 0 Å².